The highest BCUT2D eigenvalue weighted by Gasteiger charge is 2.42. The van der Waals surface area contributed by atoms with Crippen LogP contribution in [0.1, 0.15) is 20.8 Å². The van der Waals surface area contributed by atoms with Crippen LogP contribution in [0, 0.1) is 0 Å². The summed E-state index contributed by atoms with van der Waals surface area (Å²) in [5.74, 6) is -2.21. The van der Waals surface area contributed by atoms with Crippen molar-refractivity contribution >= 4 is 23.9 Å². The van der Waals surface area contributed by atoms with E-state index in [-0.39, 0.29) is 6.10 Å². The molecule has 0 aliphatic rings. The summed E-state index contributed by atoms with van der Waals surface area (Å²) < 4.78 is 42.1. The highest BCUT2D eigenvalue weighted by molar-refractivity contribution is 7.86. The Labute approximate surface area is 89.9 Å². The first-order valence-electron chi connectivity index (χ1n) is 4.15. The molecule has 0 aromatic rings. The maximum Gasteiger partial charge on any atom is 0.550 e. The number of rotatable bonds is 6. The van der Waals surface area contributed by atoms with Gasteiger partial charge in [-0.3, -0.25) is 4.79 Å². The van der Waals surface area contributed by atoms with Crippen LogP contribution in [0.2, 0.25) is 0 Å². The highest BCUT2D eigenvalue weighted by Crippen LogP contribution is 2.33. The molecule has 0 radical (unpaired) electrons. The predicted molar refractivity (Wildman–Crippen MR) is 54.2 cm³/mol. The lowest BCUT2D eigenvalue weighted by Gasteiger charge is -2.03. The third-order valence-electron chi connectivity index (χ3n) is 1.12. The van der Waals surface area contributed by atoms with Crippen molar-refractivity contribution in [2.45, 2.75) is 32.7 Å². The quantitative estimate of drug-likeness (QED) is 0.522. The van der Waals surface area contributed by atoms with Gasteiger partial charge in [0.1, 0.15) is 6.10 Å². The Morgan fingerprint density at radius 3 is 2.07 bits per heavy atom. The van der Waals surface area contributed by atoms with E-state index < -0.39 is 29.8 Å². The summed E-state index contributed by atoms with van der Waals surface area (Å²) in [5, 5.41) is 0. The molecular weight excluding hydrogens is 243 g/mol. The van der Waals surface area contributed by atoms with Gasteiger partial charge in [0.25, 0.3) is 10.1 Å². The molecule has 88 valence electrons. The first kappa shape index (κ1) is 14.6. The second-order valence-electron chi connectivity index (χ2n) is 3.20. The van der Waals surface area contributed by atoms with Crippen LogP contribution in [0.5, 0.6) is 0 Å². The highest BCUT2D eigenvalue weighted by atomic mass is 32.2. The van der Waals surface area contributed by atoms with Crippen molar-refractivity contribution in [3.63, 3.8) is 0 Å². The van der Waals surface area contributed by atoms with Gasteiger partial charge in [0.2, 0.25) is 5.78 Å². The SMILES string of the molecule is CC(=O)C(OS(C)(=O)=O)[P+](=O)OC(C)C. The van der Waals surface area contributed by atoms with E-state index in [1.165, 1.54) is 0 Å². The van der Waals surface area contributed by atoms with E-state index in [0.29, 0.717) is 0 Å². The minimum atomic E-state index is -3.83. The molecule has 0 aliphatic heterocycles. The van der Waals surface area contributed by atoms with Crippen LogP contribution in [-0.2, 0) is 28.2 Å². The fourth-order valence-electron chi connectivity index (χ4n) is 0.680. The van der Waals surface area contributed by atoms with Crippen molar-refractivity contribution in [3.8, 4) is 0 Å². The Morgan fingerprint density at radius 1 is 1.33 bits per heavy atom. The van der Waals surface area contributed by atoms with E-state index >= 15 is 0 Å². The van der Waals surface area contributed by atoms with E-state index in [1.807, 2.05) is 0 Å². The number of ketones is 1. The molecule has 0 aromatic carbocycles. The first-order chi connectivity index (χ1) is 6.63. The van der Waals surface area contributed by atoms with E-state index in [9.17, 15) is 17.8 Å². The maximum absolute atomic E-state index is 11.4. The van der Waals surface area contributed by atoms with Gasteiger partial charge in [-0.1, -0.05) is 0 Å². The fourth-order valence-corrected chi connectivity index (χ4v) is 2.72. The molecule has 0 spiro atoms. The van der Waals surface area contributed by atoms with E-state index in [1.54, 1.807) is 13.8 Å². The molecule has 0 saturated heterocycles. The maximum atomic E-state index is 11.4. The smallest absolute Gasteiger partial charge is 0.292 e. The Kier molecular flexibility index (Phi) is 5.51. The Balaban J connectivity index is 4.68. The lowest BCUT2D eigenvalue weighted by Crippen LogP contribution is -2.22. The molecule has 0 bridgehead atoms. The van der Waals surface area contributed by atoms with Crippen LogP contribution in [0.15, 0.2) is 0 Å². The summed E-state index contributed by atoms with van der Waals surface area (Å²) in [5.41, 5.74) is 0. The van der Waals surface area contributed by atoms with Crippen molar-refractivity contribution < 1.29 is 26.5 Å². The molecule has 0 saturated carbocycles. The second-order valence-corrected chi connectivity index (χ2v) is 6.05. The first-order valence-corrected chi connectivity index (χ1v) is 7.21. The molecule has 0 amide bonds. The number of hydrogen-bond donors (Lipinski definition) is 0. The monoisotopic (exact) mass is 257 g/mol. The van der Waals surface area contributed by atoms with Gasteiger partial charge in [-0.05, 0) is 18.4 Å². The molecule has 6 nitrogen and oxygen atoms in total. The lowest BCUT2D eigenvalue weighted by molar-refractivity contribution is -0.120. The minimum Gasteiger partial charge on any atom is -0.292 e. The molecule has 0 heterocycles. The van der Waals surface area contributed by atoms with Crippen LogP contribution >= 0.6 is 8.03 Å². The third kappa shape index (κ3) is 6.67. The van der Waals surface area contributed by atoms with Crippen LogP contribution in [0.25, 0.3) is 0 Å². The van der Waals surface area contributed by atoms with Crippen LogP contribution < -0.4 is 0 Å². The molecule has 2 unspecified atom stereocenters. The van der Waals surface area contributed by atoms with Gasteiger partial charge < -0.3 is 0 Å². The summed E-state index contributed by atoms with van der Waals surface area (Å²) in [6.45, 7) is 4.32. The standard InChI is InChI=1S/C7H14O6PS/c1-5(2)12-14(9)7(6(3)8)13-15(4,10)11/h5,7H,1-4H3/q+1. The van der Waals surface area contributed by atoms with E-state index in [0.717, 1.165) is 13.2 Å². The normalized spacial score (nSPS) is 15.1. The van der Waals surface area contributed by atoms with Crippen molar-refractivity contribution in [3.05, 3.63) is 0 Å². The molecule has 0 aromatic heterocycles. The lowest BCUT2D eigenvalue weighted by atomic mass is 10.5. The second kappa shape index (κ2) is 5.65. The Bertz CT molecular complexity index is 346. The predicted octanol–water partition coefficient (Wildman–Crippen LogP) is 1.05. The molecule has 15 heavy (non-hydrogen) atoms. The zero-order valence-corrected chi connectivity index (χ0v) is 10.7. The topological polar surface area (TPSA) is 86.7 Å². The molecular formula is C7H14O6PS+. The number of carbonyl (C=O) groups excluding carboxylic acids is 1. The third-order valence-corrected chi connectivity index (χ3v) is 3.29. The summed E-state index contributed by atoms with van der Waals surface area (Å²) >= 11 is 0. The molecule has 2 atom stereocenters. The molecule has 0 aliphatic carbocycles. The zero-order valence-electron chi connectivity index (χ0n) is 8.96. The largest absolute Gasteiger partial charge is 0.550 e. The molecule has 8 heteroatoms. The fraction of sp³-hybridized carbons (Fsp3) is 0.857. The van der Waals surface area contributed by atoms with Crippen molar-refractivity contribution in [1.82, 2.24) is 0 Å². The summed E-state index contributed by atoms with van der Waals surface area (Å²) in [6.07, 6.45) is 0.403. The molecule has 0 fully saturated rings. The van der Waals surface area contributed by atoms with Gasteiger partial charge in [0, 0.05) is 6.92 Å². The van der Waals surface area contributed by atoms with Crippen LogP contribution in [0.4, 0.5) is 0 Å². The van der Waals surface area contributed by atoms with Gasteiger partial charge in [-0.15, -0.1) is 4.52 Å². The minimum absolute atomic E-state index is 0.376. The summed E-state index contributed by atoms with van der Waals surface area (Å²) in [7, 11) is -6.32. The van der Waals surface area contributed by atoms with Gasteiger partial charge in [-0.2, -0.15) is 8.42 Å². The van der Waals surface area contributed by atoms with E-state index in [4.69, 9.17) is 4.52 Å². The molecule has 0 N–H and O–H groups in total. The summed E-state index contributed by atoms with van der Waals surface area (Å²) in [6, 6.07) is 0. The van der Waals surface area contributed by atoms with Crippen LogP contribution in [0.3, 0.4) is 0 Å². The average Bonchev–Trinajstić information content (AvgIpc) is 1.96. The molecule has 0 rings (SSSR count). The van der Waals surface area contributed by atoms with Crippen molar-refractivity contribution in [2.24, 2.45) is 0 Å². The Hall–Kier alpha value is -0.360. The average molecular weight is 257 g/mol. The number of hydrogen-bond acceptors (Lipinski definition) is 6. The van der Waals surface area contributed by atoms with Crippen molar-refractivity contribution in [1.29, 1.82) is 0 Å². The van der Waals surface area contributed by atoms with Gasteiger partial charge in [0.05, 0.1) is 6.26 Å². The number of carbonyl (C=O) groups is 1. The van der Waals surface area contributed by atoms with Gasteiger partial charge in [0.15, 0.2) is 0 Å². The van der Waals surface area contributed by atoms with Crippen molar-refractivity contribution in [2.75, 3.05) is 6.26 Å². The van der Waals surface area contributed by atoms with Crippen LogP contribution in [-0.4, -0.2) is 32.4 Å². The zero-order chi connectivity index (χ0) is 12.2. The number of Topliss-reactive ketones (excluding diaryl/α,β-unsaturated/α-hetero) is 1. The van der Waals surface area contributed by atoms with Gasteiger partial charge in [-0.25, -0.2) is 4.18 Å². The van der Waals surface area contributed by atoms with Gasteiger partial charge >= 0.3 is 13.9 Å². The Morgan fingerprint density at radius 2 is 1.80 bits per heavy atom. The summed E-state index contributed by atoms with van der Waals surface area (Å²) in [4.78, 5) is 11.0. The van der Waals surface area contributed by atoms with E-state index in [2.05, 4.69) is 4.18 Å².